The molecular formula is C78H68N4OPtSi-2. The van der Waals surface area contributed by atoms with Gasteiger partial charge in [0, 0.05) is 44.3 Å². The molecule has 3 heterocycles. The van der Waals surface area contributed by atoms with E-state index >= 15 is 0 Å². The van der Waals surface area contributed by atoms with Crippen LogP contribution in [0.2, 0.25) is 0 Å². The van der Waals surface area contributed by atoms with Crippen molar-refractivity contribution in [1.29, 1.82) is 0 Å². The number of aromatic nitrogens is 4. The Bertz CT molecular complexity index is 4450. The third kappa shape index (κ3) is 10.5. The third-order valence-corrected chi connectivity index (χ3v) is 21.4. The number of rotatable bonds is 11. The molecule has 0 aliphatic rings. The molecule has 0 amide bonds. The monoisotopic (exact) mass is 1300 g/mol. The van der Waals surface area contributed by atoms with Crippen LogP contribution < -0.4 is 30.1 Å². The first-order valence-corrected chi connectivity index (χ1v) is 31.2. The number of pyridine rings is 1. The van der Waals surface area contributed by atoms with Crippen molar-refractivity contribution >= 4 is 61.7 Å². The van der Waals surface area contributed by atoms with E-state index in [0.717, 1.165) is 72.3 Å². The van der Waals surface area contributed by atoms with Gasteiger partial charge in [0.25, 0.3) is 6.33 Å². The average molecular weight is 1300 g/mol. The van der Waals surface area contributed by atoms with Crippen LogP contribution in [0.15, 0.2) is 249 Å². The molecule has 0 bridgehead atoms. The van der Waals surface area contributed by atoms with E-state index in [2.05, 4.69) is 319 Å². The van der Waals surface area contributed by atoms with Crippen molar-refractivity contribution in [2.45, 2.75) is 78.6 Å². The van der Waals surface area contributed by atoms with Crippen LogP contribution in [0.3, 0.4) is 0 Å². The van der Waals surface area contributed by atoms with Crippen LogP contribution in [0, 0.1) is 18.5 Å². The van der Waals surface area contributed by atoms with Crippen LogP contribution in [0.4, 0.5) is 0 Å². The van der Waals surface area contributed by atoms with Gasteiger partial charge in [0.15, 0.2) is 8.07 Å². The Hall–Kier alpha value is -8.67. The molecule has 5 nitrogen and oxygen atoms in total. The summed E-state index contributed by atoms with van der Waals surface area (Å²) in [6.07, 6.45) is 5.87. The first-order valence-electron chi connectivity index (χ1n) is 29.2. The Morgan fingerprint density at radius 2 is 0.976 bits per heavy atom. The molecule has 0 radical (unpaired) electrons. The molecule has 0 N–H and O–H groups in total. The number of ether oxygens (including phenoxy) is 1. The molecule has 7 heteroatoms. The minimum Gasteiger partial charge on any atom is -0.510 e. The zero-order valence-electron chi connectivity index (χ0n) is 49.7. The predicted molar refractivity (Wildman–Crippen MR) is 351 cm³/mol. The summed E-state index contributed by atoms with van der Waals surface area (Å²) in [5.41, 5.74) is 13.8. The third-order valence-electron chi connectivity index (χ3n) is 16.6. The Morgan fingerprint density at radius 1 is 0.435 bits per heavy atom. The molecule has 85 heavy (non-hydrogen) atoms. The maximum Gasteiger partial charge on any atom is 0.268 e. The van der Waals surface area contributed by atoms with Gasteiger partial charge in [0.1, 0.15) is 5.82 Å². The van der Waals surface area contributed by atoms with Gasteiger partial charge >= 0.3 is 0 Å². The average Bonchev–Trinajstić information content (AvgIpc) is 1.84. The van der Waals surface area contributed by atoms with Crippen LogP contribution in [0.25, 0.3) is 72.3 Å². The van der Waals surface area contributed by atoms with Gasteiger partial charge < -0.3 is 13.9 Å². The summed E-state index contributed by atoms with van der Waals surface area (Å²) in [6.45, 7) is 20.6. The van der Waals surface area contributed by atoms with Gasteiger partial charge in [-0.1, -0.05) is 262 Å². The largest absolute Gasteiger partial charge is 0.510 e. The minimum absolute atomic E-state index is 0. The van der Waals surface area contributed by atoms with E-state index in [1.807, 2.05) is 24.4 Å². The van der Waals surface area contributed by atoms with Crippen molar-refractivity contribution < 1.29 is 30.4 Å². The Kier molecular flexibility index (Phi) is 15.0. The van der Waals surface area contributed by atoms with Crippen LogP contribution in [-0.4, -0.2) is 22.2 Å². The minimum atomic E-state index is -2.90. The summed E-state index contributed by atoms with van der Waals surface area (Å²) in [7, 11) is -2.90. The van der Waals surface area contributed by atoms with Crippen LogP contribution in [0.5, 0.6) is 11.5 Å². The zero-order valence-corrected chi connectivity index (χ0v) is 53.0. The fourth-order valence-corrected chi connectivity index (χ4v) is 17.0. The van der Waals surface area contributed by atoms with Crippen molar-refractivity contribution in [2.24, 2.45) is 0 Å². The van der Waals surface area contributed by atoms with Crippen molar-refractivity contribution in [3.63, 3.8) is 0 Å². The number of nitrogens with zero attached hydrogens (tertiary/aromatic N) is 4. The van der Waals surface area contributed by atoms with E-state index in [9.17, 15) is 0 Å². The molecule has 0 aliphatic heterocycles. The summed E-state index contributed by atoms with van der Waals surface area (Å²) in [6, 6.07) is 96.0. The normalized spacial score (nSPS) is 12.2. The molecule has 0 fully saturated rings. The molecule has 0 aliphatic carbocycles. The van der Waals surface area contributed by atoms with Gasteiger partial charge in [0.05, 0.1) is 16.7 Å². The number of fused-ring (bicyclic) bond motifs is 4. The zero-order chi connectivity index (χ0) is 58.0. The van der Waals surface area contributed by atoms with E-state index in [0.29, 0.717) is 11.5 Å². The van der Waals surface area contributed by atoms with E-state index < -0.39 is 8.07 Å². The second-order valence-electron chi connectivity index (χ2n) is 25.3. The van der Waals surface area contributed by atoms with Crippen molar-refractivity contribution in [2.75, 3.05) is 0 Å². The summed E-state index contributed by atoms with van der Waals surface area (Å²) >= 11 is 0. The fourth-order valence-electron chi connectivity index (χ4n) is 12.2. The summed E-state index contributed by atoms with van der Waals surface area (Å²) in [5, 5.41) is 7.50. The van der Waals surface area contributed by atoms with Crippen molar-refractivity contribution in [3.8, 4) is 50.9 Å². The second-order valence-corrected chi connectivity index (χ2v) is 29.1. The van der Waals surface area contributed by atoms with E-state index in [1.165, 1.54) is 37.4 Å². The van der Waals surface area contributed by atoms with Gasteiger partial charge in [-0.05, 0) is 105 Å². The molecule has 3 aromatic heterocycles. The maximum absolute atomic E-state index is 6.81. The topological polar surface area (TPSA) is 35.9 Å². The second kappa shape index (κ2) is 22.4. The fraction of sp³-hybridized carbons (Fsp3) is 0.154. The van der Waals surface area contributed by atoms with Gasteiger partial charge in [0.2, 0.25) is 0 Å². The maximum atomic E-state index is 6.81. The summed E-state index contributed by atoms with van der Waals surface area (Å²) < 4.78 is 13.4. The van der Waals surface area contributed by atoms with Crippen LogP contribution >= 0.6 is 0 Å². The molecular weight excluding hydrogens is 1230 g/mol. The van der Waals surface area contributed by atoms with E-state index in [4.69, 9.17) is 9.72 Å². The van der Waals surface area contributed by atoms with Crippen LogP contribution in [0.1, 0.15) is 79.0 Å². The Labute approximate surface area is 516 Å². The Balaban J connectivity index is 0.00000709. The van der Waals surface area contributed by atoms with Crippen molar-refractivity contribution in [3.05, 3.63) is 284 Å². The van der Waals surface area contributed by atoms with Crippen LogP contribution in [-0.2, 0) is 37.3 Å². The molecule has 0 spiro atoms. The molecule has 13 aromatic rings. The Morgan fingerprint density at radius 3 is 1.61 bits per heavy atom. The number of hydrogen-bond donors (Lipinski definition) is 0. The summed E-state index contributed by atoms with van der Waals surface area (Å²) in [4.78, 5) is 4.91. The predicted octanol–water partition coefficient (Wildman–Crippen LogP) is 16.2. The van der Waals surface area contributed by atoms with Gasteiger partial charge in [-0.3, -0.25) is 4.57 Å². The van der Waals surface area contributed by atoms with Gasteiger partial charge in [-0.25, -0.2) is 4.98 Å². The van der Waals surface area contributed by atoms with E-state index in [1.54, 1.807) is 0 Å². The molecule has 0 unspecified atom stereocenters. The first-order chi connectivity index (χ1) is 40.5. The summed E-state index contributed by atoms with van der Waals surface area (Å²) in [5.74, 6) is 1.98. The standard InChI is InChI=1S/C78H68N4OSi.Pt/c1-76(2,3)56-44-45-79-74(50-56)82-70-39-20-19-36-68(70)69-43-42-61(52-73(69)82)83-60-28-24-27-59(51-60)80-53-81(72-41-22-21-40-71(72)80)75-66(37-25-38-67(75)55-46-57(77(4,5)6)49-58(47-55)78(7,8)9)54-26-23-35-65(48-54)84(62-29-13-10-14-30-62,63-31-15-11-16-32-63)64-33-17-12-18-34-64;/h10-50H,1-9H3;/q-2;. The quantitative estimate of drug-likeness (QED) is 0.0560. The molecule has 0 atom stereocenters. The molecule has 13 rings (SSSR count). The number of imidazole rings is 1. The van der Waals surface area contributed by atoms with Gasteiger partial charge in [-0.2, -0.15) is 18.2 Å². The molecule has 0 saturated carbocycles. The molecule has 10 aromatic carbocycles. The van der Waals surface area contributed by atoms with E-state index in [-0.39, 0.29) is 37.3 Å². The first kappa shape index (κ1) is 56.8. The molecule has 0 saturated heterocycles. The SMILES string of the molecule is CC(C)(C)c1cc(-c2cccc(-c3cccc([Si](c4ccccc4)(c4ccccc4)c4ccccc4)c3)c2-[n+]2[c-]n(-c3[c-]c(Oc4[c-]c5c(cc4)c4ccccc4n5-c4cc(C(C)(C)C)ccn4)ccc3)c3ccccc32)cc(C(C)(C)C)c1.[Pt]. The smallest absolute Gasteiger partial charge is 0.268 e. The number of benzene rings is 10. The van der Waals surface area contributed by atoms with Crippen molar-refractivity contribution in [1.82, 2.24) is 14.1 Å². The van der Waals surface area contributed by atoms with Gasteiger partial charge in [-0.15, -0.1) is 29.7 Å². The number of hydrogen-bond acceptors (Lipinski definition) is 2. The number of para-hydroxylation sites is 4. The molecule has 422 valence electrons.